The molecule has 0 saturated carbocycles. The van der Waals surface area contributed by atoms with Crippen molar-refractivity contribution in [2.45, 2.75) is 6.54 Å². The Bertz CT molecular complexity index is 703. The van der Waals surface area contributed by atoms with Crippen molar-refractivity contribution in [2.75, 3.05) is 0 Å². The molecular formula is C15H13N3O. The first-order chi connectivity index (χ1) is 9.34. The number of benzene rings is 1. The van der Waals surface area contributed by atoms with E-state index >= 15 is 0 Å². The van der Waals surface area contributed by atoms with Gasteiger partial charge in [0, 0.05) is 36.0 Å². The first-order valence-electron chi connectivity index (χ1n) is 6.08. The number of carbonyl (C=O) groups excluding carboxylic acids is 1. The maximum absolute atomic E-state index is 11.9. The highest BCUT2D eigenvalue weighted by Crippen LogP contribution is 2.17. The summed E-state index contributed by atoms with van der Waals surface area (Å²) in [7, 11) is 0. The normalized spacial score (nSPS) is 10.5. The number of aromatic amines is 1. The Morgan fingerprint density at radius 3 is 2.95 bits per heavy atom. The molecule has 0 aliphatic heterocycles. The Balaban J connectivity index is 1.75. The molecule has 4 heteroatoms. The van der Waals surface area contributed by atoms with Crippen LogP contribution in [-0.2, 0) is 6.54 Å². The standard InChI is InChI=1S/C15H13N3O/c19-15(11-4-3-7-16-8-11)18-10-12-9-17-14-6-2-1-5-13(12)14/h1-9,17H,10H2,(H,18,19). The van der Waals surface area contributed by atoms with Crippen molar-refractivity contribution in [3.05, 3.63) is 66.1 Å². The van der Waals surface area contributed by atoms with Gasteiger partial charge in [-0.25, -0.2) is 0 Å². The molecule has 0 bridgehead atoms. The minimum Gasteiger partial charge on any atom is -0.361 e. The maximum Gasteiger partial charge on any atom is 0.253 e. The highest BCUT2D eigenvalue weighted by Gasteiger charge is 2.07. The summed E-state index contributed by atoms with van der Waals surface area (Å²) in [5.41, 5.74) is 2.73. The lowest BCUT2D eigenvalue weighted by Gasteiger charge is -2.03. The van der Waals surface area contributed by atoms with Gasteiger partial charge in [-0.2, -0.15) is 0 Å². The fourth-order valence-electron chi connectivity index (χ4n) is 2.05. The molecule has 0 unspecified atom stereocenters. The van der Waals surface area contributed by atoms with E-state index in [4.69, 9.17) is 0 Å². The summed E-state index contributed by atoms with van der Waals surface area (Å²) >= 11 is 0. The van der Waals surface area contributed by atoms with Gasteiger partial charge < -0.3 is 10.3 Å². The molecule has 19 heavy (non-hydrogen) atoms. The second-order valence-electron chi connectivity index (χ2n) is 4.28. The third-order valence-corrected chi connectivity index (χ3v) is 3.04. The Labute approximate surface area is 110 Å². The fraction of sp³-hybridized carbons (Fsp3) is 0.0667. The average Bonchev–Trinajstić information content (AvgIpc) is 2.89. The van der Waals surface area contributed by atoms with Crippen LogP contribution in [0, 0.1) is 0 Å². The van der Waals surface area contributed by atoms with Crippen LogP contribution in [0.4, 0.5) is 0 Å². The summed E-state index contributed by atoms with van der Waals surface area (Å²) < 4.78 is 0. The van der Waals surface area contributed by atoms with Crippen molar-refractivity contribution < 1.29 is 4.79 Å². The molecule has 94 valence electrons. The van der Waals surface area contributed by atoms with E-state index in [9.17, 15) is 4.79 Å². The molecule has 3 rings (SSSR count). The van der Waals surface area contributed by atoms with Gasteiger partial charge in [0.25, 0.3) is 5.91 Å². The maximum atomic E-state index is 11.9. The van der Waals surface area contributed by atoms with E-state index in [0.717, 1.165) is 16.5 Å². The van der Waals surface area contributed by atoms with E-state index in [1.54, 1.807) is 24.5 Å². The van der Waals surface area contributed by atoms with Crippen molar-refractivity contribution >= 4 is 16.8 Å². The van der Waals surface area contributed by atoms with Gasteiger partial charge in [0.1, 0.15) is 0 Å². The second kappa shape index (κ2) is 4.94. The molecule has 2 N–H and O–H groups in total. The fourth-order valence-corrected chi connectivity index (χ4v) is 2.05. The zero-order chi connectivity index (χ0) is 13.1. The molecule has 1 aromatic carbocycles. The number of para-hydroxylation sites is 1. The summed E-state index contributed by atoms with van der Waals surface area (Å²) in [5, 5.41) is 4.03. The van der Waals surface area contributed by atoms with Crippen LogP contribution in [0.2, 0.25) is 0 Å². The summed E-state index contributed by atoms with van der Waals surface area (Å²) in [4.78, 5) is 19.0. The first kappa shape index (κ1) is 11.5. The van der Waals surface area contributed by atoms with Gasteiger partial charge in [0.2, 0.25) is 0 Å². The second-order valence-corrected chi connectivity index (χ2v) is 4.28. The number of hydrogen-bond donors (Lipinski definition) is 2. The summed E-state index contributed by atoms with van der Waals surface area (Å²) in [6, 6.07) is 11.5. The van der Waals surface area contributed by atoms with Crippen LogP contribution in [0.1, 0.15) is 15.9 Å². The van der Waals surface area contributed by atoms with Crippen molar-refractivity contribution in [1.82, 2.24) is 15.3 Å². The smallest absolute Gasteiger partial charge is 0.253 e. The predicted molar refractivity (Wildman–Crippen MR) is 73.7 cm³/mol. The van der Waals surface area contributed by atoms with Crippen LogP contribution >= 0.6 is 0 Å². The van der Waals surface area contributed by atoms with Crippen LogP contribution in [-0.4, -0.2) is 15.9 Å². The van der Waals surface area contributed by atoms with Crippen molar-refractivity contribution in [3.8, 4) is 0 Å². The largest absolute Gasteiger partial charge is 0.361 e. The Kier molecular flexibility index (Phi) is 2.98. The number of aromatic nitrogens is 2. The molecule has 0 radical (unpaired) electrons. The Morgan fingerprint density at radius 1 is 1.21 bits per heavy atom. The van der Waals surface area contributed by atoms with Gasteiger partial charge in [0.15, 0.2) is 0 Å². The number of carbonyl (C=O) groups is 1. The van der Waals surface area contributed by atoms with E-state index in [1.807, 2.05) is 30.5 Å². The molecule has 4 nitrogen and oxygen atoms in total. The molecule has 0 aliphatic rings. The van der Waals surface area contributed by atoms with Crippen LogP contribution in [0.5, 0.6) is 0 Å². The topological polar surface area (TPSA) is 57.8 Å². The number of H-pyrrole nitrogens is 1. The van der Waals surface area contributed by atoms with Gasteiger partial charge >= 0.3 is 0 Å². The lowest BCUT2D eigenvalue weighted by molar-refractivity contribution is 0.0950. The minimum atomic E-state index is -0.113. The van der Waals surface area contributed by atoms with E-state index < -0.39 is 0 Å². The summed E-state index contributed by atoms with van der Waals surface area (Å²) in [6.07, 6.45) is 5.13. The monoisotopic (exact) mass is 251 g/mol. The quantitative estimate of drug-likeness (QED) is 0.751. The molecule has 0 spiro atoms. The minimum absolute atomic E-state index is 0.113. The SMILES string of the molecule is O=C(NCc1c[nH]c2ccccc12)c1cccnc1. The number of amides is 1. The zero-order valence-electron chi connectivity index (χ0n) is 10.3. The number of rotatable bonds is 3. The molecule has 3 aromatic rings. The van der Waals surface area contributed by atoms with E-state index in [0.29, 0.717) is 12.1 Å². The van der Waals surface area contributed by atoms with Crippen molar-refractivity contribution in [3.63, 3.8) is 0 Å². The van der Waals surface area contributed by atoms with Gasteiger partial charge in [-0.15, -0.1) is 0 Å². The lowest BCUT2D eigenvalue weighted by atomic mass is 10.1. The van der Waals surface area contributed by atoms with Gasteiger partial charge in [0.05, 0.1) is 5.56 Å². The molecule has 0 atom stereocenters. The van der Waals surface area contributed by atoms with Crippen LogP contribution in [0.3, 0.4) is 0 Å². The molecule has 1 amide bonds. The average molecular weight is 251 g/mol. The van der Waals surface area contributed by atoms with Crippen LogP contribution in [0.15, 0.2) is 55.0 Å². The van der Waals surface area contributed by atoms with Crippen LogP contribution in [0.25, 0.3) is 10.9 Å². The van der Waals surface area contributed by atoms with E-state index in [2.05, 4.69) is 15.3 Å². The highest BCUT2D eigenvalue weighted by molar-refractivity contribution is 5.94. The molecule has 2 aromatic heterocycles. The number of nitrogens with one attached hydrogen (secondary N) is 2. The molecular weight excluding hydrogens is 238 g/mol. The first-order valence-corrected chi connectivity index (χ1v) is 6.08. The zero-order valence-corrected chi connectivity index (χ0v) is 10.3. The summed E-state index contributed by atoms with van der Waals surface area (Å²) in [5.74, 6) is -0.113. The predicted octanol–water partition coefficient (Wildman–Crippen LogP) is 2.49. The van der Waals surface area contributed by atoms with Crippen molar-refractivity contribution in [2.24, 2.45) is 0 Å². The number of pyridine rings is 1. The number of hydrogen-bond acceptors (Lipinski definition) is 2. The Morgan fingerprint density at radius 2 is 2.11 bits per heavy atom. The van der Waals surface area contributed by atoms with Crippen molar-refractivity contribution in [1.29, 1.82) is 0 Å². The third kappa shape index (κ3) is 2.33. The van der Waals surface area contributed by atoms with Gasteiger partial charge in [-0.05, 0) is 23.8 Å². The molecule has 0 aliphatic carbocycles. The van der Waals surface area contributed by atoms with E-state index in [1.165, 1.54) is 0 Å². The highest BCUT2D eigenvalue weighted by atomic mass is 16.1. The van der Waals surface area contributed by atoms with E-state index in [-0.39, 0.29) is 5.91 Å². The van der Waals surface area contributed by atoms with Gasteiger partial charge in [-0.1, -0.05) is 18.2 Å². The molecule has 0 fully saturated rings. The third-order valence-electron chi connectivity index (χ3n) is 3.04. The lowest BCUT2D eigenvalue weighted by Crippen LogP contribution is -2.22. The number of nitrogens with zero attached hydrogens (tertiary/aromatic N) is 1. The summed E-state index contributed by atoms with van der Waals surface area (Å²) in [6.45, 7) is 0.498. The van der Waals surface area contributed by atoms with Crippen LogP contribution < -0.4 is 5.32 Å². The molecule has 2 heterocycles. The molecule has 0 saturated heterocycles. The van der Waals surface area contributed by atoms with Gasteiger partial charge in [-0.3, -0.25) is 9.78 Å². The Hall–Kier alpha value is -2.62. The number of fused-ring (bicyclic) bond motifs is 1.